The van der Waals surface area contributed by atoms with Crippen LogP contribution in [0.15, 0.2) is 65.6 Å². The number of nitrogens with two attached hydrogens (primary N) is 1. The number of nitrogens with zero attached hydrogens (tertiary/aromatic N) is 1. The van der Waals surface area contributed by atoms with Crippen molar-refractivity contribution >= 4 is 10.0 Å². The molecule has 2 atom stereocenters. The fourth-order valence-corrected chi connectivity index (χ4v) is 4.52. The van der Waals surface area contributed by atoms with Gasteiger partial charge in [0, 0.05) is 32.1 Å². The number of sulfonamides is 1. The second kappa shape index (κ2) is 8.10. The summed E-state index contributed by atoms with van der Waals surface area (Å²) in [4.78, 5) is 2.60. The zero-order valence-corrected chi connectivity index (χ0v) is 15.0. The minimum absolute atomic E-state index is 0.304. The lowest BCUT2D eigenvalue weighted by molar-refractivity contribution is 0.329. The summed E-state index contributed by atoms with van der Waals surface area (Å²) in [5.74, 6) is 0.824. The molecule has 1 heterocycles. The van der Waals surface area contributed by atoms with Gasteiger partial charge in [0.1, 0.15) is 0 Å². The molecule has 0 aromatic heterocycles. The number of likely N-dealkylation sites (tertiary alicyclic amines) is 1. The van der Waals surface area contributed by atoms with Gasteiger partial charge in [-0.1, -0.05) is 48.5 Å². The molecular formula is C19H25N3O2S. The van der Waals surface area contributed by atoms with E-state index in [0.717, 1.165) is 13.1 Å². The van der Waals surface area contributed by atoms with Crippen molar-refractivity contribution in [1.82, 2.24) is 9.62 Å². The van der Waals surface area contributed by atoms with E-state index in [-0.39, 0.29) is 0 Å². The predicted molar refractivity (Wildman–Crippen MR) is 99.8 cm³/mol. The van der Waals surface area contributed by atoms with E-state index < -0.39 is 10.0 Å². The lowest BCUT2D eigenvalue weighted by atomic mass is 9.89. The largest absolute Gasteiger partial charge is 0.330 e. The molecule has 0 bridgehead atoms. The summed E-state index contributed by atoms with van der Waals surface area (Å²) in [5, 5.41) is 0. The van der Waals surface area contributed by atoms with Crippen LogP contribution in [0.3, 0.4) is 0 Å². The Kier molecular flexibility index (Phi) is 5.86. The number of benzene rings is 2. The molecule has 0 amide bonds. The van der Waals surface area contributed by atoms with E-state index >= 15 is 0 Å². The molecule has 6 heteroatoms. The highest BCUT2D eigenvalue weighted by Crippen LogP contribution is 2.31. The standard InChI is InChI=1S/C19H25N3O2S/c20-13-17-14-22(15-19(17)16-7-3-1-4-8-16)12-11-21-25(23,24)18-9-5-2-6-10-18/h1-10,17,19,21H,11-15,20H2/t17-,19+/m1/s1. The molecule has 0 aliphatic carbocycles. The molecule has 134 valence electrons. The van der Waals surface area contributed by atoms with E-state index in [0.29, 0.717) is 36.4 Å². The van der Waals surface area contributed by atoms with Crippen molar-refractivity contribution in [2.45, 2.75) is 10.8 Å². The number of hydrogen-bond donors (Lipinski definition) is 2. The van der Waals surface area contributed by atoms with Crippen molar-refractivity contribution in [1.29, 1.82) is 0 Å². The Morgan fingerprint density at radius 1 is 1.00 bits per heavy atom. The maximum atomic E-state index is 12.3. The molecule has 1 aliphatic rings. The van der Waals surface area contributed by atoms with E-state index in [1.165, 1.54) is 5.56 Å². The first-order valence-corrected chi connectivity index (χ1v) is 10.1. The van der Waals surface area contributed by atoms with Gasteiger partial charge >= 0.3 is 0 Å². The first kappa shape index (κ1) is 18.1. The fourth-order valence-electron chi connectivity index (χ4n) is 3.48. The van der Waals surface area contributed by atoms with Gasteiger partial charge in [-0.2, -0.15) is 0 Å². The summed E-state index contributed by atoms with van der Waals surface area (Å²) in [6.07, 6.45) is 0. The van der Waals surface area contributed by atoms with Crippen LogP contribution in [0.1, 0.15) is 11.5 Å². The van der Waals surface area contributed by atoms with E-state index in [9.17, 15) is 8.42 Å². The quantitative estimate of drug-likeness (QED) is 0.788. The van der Waals surface area contributed by atoms with Gasteiger partial charge in [-0.05, 0) is 30.2 Å². The Morgan fingerprint density at radius 2 is 1.64 bits per heavy atom. The first-order chi connectivity index (χ1) is 12.1. The van der Waals surface area contributed by atoms with Crippen LogP contribution in [0.5, 0.6) is 0 Å². The van der Waals surface area contributed by atoms with Crippen molar-refractivity contribution in [2.24, 2.45) is 11.7 Å². The van der Waals surface area contributed by atoms with Gasteiger partial charge in [0.25, 0.3) is 0 Å². The van der Waals surface area contributed by atoms with E-state index in [4.69, 9.17) is 5.73 Å². The van der Waals surface area contributed by atoms with Crippen LogP contribution in [0.4, 0.5) is 0 Å². The minimum atomic E-state index is -3.44. The van der Waals surface area contributed by atoms with Crippen LogP contribution in [0.2, 0.25) is 0 Å². The summed E-state index contributed by atoms with van der Waals surface area (Å²) < 4.78 is 27.2. The average molecular weight is 359 g/mol. The molecule has 0 saturated carbocycles. The summed E-state index contributed by atoms with van der Waals surface area (Å²) >= 11 is 0. The molecule has 25 heavy (non-hydrogen) atoms. The molecule has 2 aromatic rings. The van der Waals surface area contributed by atoms with Gasteiger partial charge in [-0.25, -0.2) is 13.1 Å². The average Bonchev–Trinajstić information content (AvgIpc) is 3.06. The summed E-state index contributed by atoms with van der Waals surface area (Å²) in [6, 6.07) is 18.9. The van der Waals surface area contributed by atoms with Crippen molar-refractivity contribution in [3.05, 3.63) is 66.2 Å². The maximum Gasteiger partial charge on any atom is 0.240 e. The molecule has 3 N–H and O–H groups in total. The van der Waals surface area contributed by atoms with Crippen LogP contribution < -0.4 is 10.5 Å². The highest BCUT2D eigenvalue weighted by atomic mass is 32.2. The van der Waals surface area contributed by atoms with Crippen molar-refractivity contribution in [3.8, 4) is 0 Å². The molecule has 0 radical (unpaired) electrons. The summed E-state index contributed by atoms with van der Waals surface area (Å²) in [6.45, 7) is 3.55. The van der Waals surface area contributed by atoms with Crippen LogP contribution in [-0.2, 0) is 10.0 Å². The molecule has 3 rings (SSSR count). The second-order valence-corrected chi connectivity index (χ2v) is 8.25. The maximum absolute atomic E-state index is 12.3. The molecule has 2 aromatic carbocycles. The van der Waals surface area contributed by atoms with Crippen LogP contribution in [0, 0.1) is 5.92 Å². The molecule has 5 nitrogen and oxygen atoms in total. The molecule has 0 spiro atoms. The van der Waals surface area contributed by atoms with Crippen LogP contribution in [-0.4, -0.2) is 46.0 Å². The Bertz CT molecular complexity index is 766. The zero-order chi connectivity index (χ0) is 17.7. The van der Waals surface area contributed by atoms with Crippen molar-refractivity contribution in [3.63, 3.8) is 0 Å². The van der Waals surface area contributed by atoms with Gasteiger partial charge in [-0.15, -0.1) is 0 Å². The van der Waals surface area contributed by atoms with E-state index in [1.54, 1.807) is 30.3 Å². The van der Waals surface area contributed by atoms with Crippen LogP contribution >= 0.6 is 0 Å². The normalized spacial score (nSPS) is 21.5. The Labute approximate surface area is 149 Å². The molecule has 1 saturated heterocycles. The third-order valence-electron chi connectivity index (χ3n) is 4.82. The lowest BCUT2D eigenvalue weighted by Crippen LogP contribution is -2.34. The molecule has 1 fully saturated rings. The number of nitrogens with one attached hydrogen (secondary N) is 1. The lowest BCUT2D eigenvalue weighted by Gasteiger charge is -2.17. The molecule has 1 aliphatic heterocycles. The second-order valence-electron chi connectivity index (χ2n) is 6.48. The Morgan fingerprint density at radius 3 is 2.28 bits per heavy atom. The predicted octanol–water partition coefficient (Wildman–Crippen LogP) is 1.64. The number of rotatable bonds is 7. The van der Waals surface area contributed by atoms with Gasteiger partial charge in [0.05, 0.1) is 4.90 Å². The zero-order valence-electron chi connectivity index (χ0n) is 14.2. The SMILES string of the molecule is NC[C@@H]1CN(CCNS(=O)(=O)c2ccccc2)C[C@H]1c1ccccc1. The highest BCUT2D eigenvalue weighted by molar-refractivity contribution is 7.89. The summed E-state index contributed by atoms with van der Waals surface area (Å²) in [5.41, 5.74) is 7.27. The topological polar surface area (TPSA) is 75.4 Å². The molecule has 0 unspecified atom stereocenters. The third kappa shape index (κ3) is 4.46. The third-order valence-corrected chi connectivity index (χ3v) is 6.30. The van der Waals surface area contributed by atoms with Gasteiger partial charge in [-0.3, -0.25) is 0 Å². The first-order valence-electron chi connectivity index (χ1n) is 8.62. The van der Waals surface area contributed by atoms with Gasteiger partial charge in [0.2, 0.25) is 10.0 Å². The Balaban J connectivity index is 1.56. The van der Waals surface area contributed by atoms with E-state index in [2.05, 4.69) is 33.9 Å². The molecular weight excluding hydrogens is 334 g/mol. The minimum Gasteiger partial charge on any atom is -0.330 e. The van der Waals surface area contributed by atoms with Gasteiger partial charge < -0.3 is 10.6 Å². The van der Waals surface area contributed by atoms with Crippen molar-refractivity contribution < 1.29 is 8.42 Å². The summed E-state index contributed by atoms with van der Waals surface area (Å²) in [7, 11) is -3.44. The smallest absolute Gasteiger partial charge is 0.240 e. The Hall–Kier alpha value is -1.73. The highest BCUT2D eigenvalue weighted by Gasteiger charge is 2.32. The monoisotopic (exact) mass is 359 g/mol. The van der Waals surface area contributed by atoms with E-state index in [1.807, 2.05) is 6.07 Å². The number of hydrogen-bond acceptors (Lipinski definition) is 4. The van der Waals surface area contributed by atoms with Crippen LogP contribution in [0.25, 0.3) is 0 Å². The van der Waals surface area contributed by atoms with Crippen molar-refractivity contribution in [2.75, 3.05) is 32.7 Å². The van der Waals surface area contributed by atoms with Gasteiger partial charge in [0.15, 0.2) is 0 Å². The fraction of sp³-hybridized carbons (Fsp3) is 0.368.